The van der Waals surface area contributed by atoms with E-state index in [1.807, 2.05) is 0 Å². The maximum absolute atomic E-state index is 14.4. The molecule has 0 aliphatic carbocycles. The summed E-state index contributed by atoms with van der Waals surface area (Å²) in [6.45, 7) is 6.01. The molecule has 0 spiro atoms. The average Bonchev–Trinajstić information content (AvgIpc) is 2.50. The molecule has 1 saturated heterocycles. The quantitative estimate of drug-likeness (QED) is 0.852. The minimum Gasteiger partial charge on any atom is -0.381 e. The topological polar surface area (TPSA) is 21.3 Å². The largest absolute Gasteiger partial charge is 0.381 e. The molecule has 1 N–H and O–H groups in total. The molecule has 1 unspecified atom stereocenters. The predicted octanol–water partition coefficient (Wildman–Crippen LogP) is 4.13. The van der Waals surface area contributed by atoms with Crippen molar-refractivity contribution in [3.05, 3.63) is 34.9 Å². The van der Waals surface area contributed by atoms with Crippen LogP contribution in [0.5, 0.6) is 0 Å². The number of hydrogen-bond acceptors (Lipinski definition) is 2. The van der Waals surface area contributed by atoms with Crippen LogP contribution < -0.4 is 5.32 Å². The molecule has 0 aromatic heterocycles. The summed E-state index contributed by atoms with van der Waals surface area (Å²) in [7, 11) is 0. The first-order valence-corrected chi connectivity index (χ1v) is 7.89. The number of rotatable bonds is 6. The molecule has 1 atom stereocenters. The van der Waals surface area contributed by atoms with E-state index in [2.05, 4.69) is 12.2 Å². The number of aryl methyl sites for hydroxylation is 1. The molecule has 1 aromatic rings. The van der Waals surface area contributed by atoms with Gasteiger partial charge >= 0.3 is 0 Å². The van der Waals surface area contributed by atoms with Gasteiger partial charge in [-0.1, -0.05) is 13.0 Å². The molecule has 0 amide bonds. The van der Waals surface area contributed by atoms with Gasteiger partial charge in [-0.25, -0.2) is 8.78 Å². The highest BCUT2D eigenvalue weighted by atomic mass is 19.1. The van der Waals surface area contributed by atoms with Crippen molar-refractivity contribution in [2.75, 3.05) is 19.8 Å². The molecule has 1 aliphatic rings. The maximum atomic E-state index is 14.4. The second kappa shape index (κ2) is 7.85. The number of hydrogen-bond donors (Lipinski definition) is 1. The summed E-state index contributed by atoms with van der Waals surface area (Å²) >= 11 is 0. The van der Waals surface area contributed by atoms with Crippen LogP contribution in [0.1, 0.15) is 49.8 Å². The Kier molecular flexibility index (Phi) is 6.12. The maximum Gasteiger partial charge on any atom is 0.133 e. The highest BCUT2D eigenvalue weighted by molar-refractivity contribution is 5.29. The SMILES string of the molecule is CCCNC(CC1CCOCC1)c1c(F)ccc(C)c1F. The third-order valence-corrected chi connectivity index (χ3v) is 4.22. The molecular formula is C17H25F2NO. The van der Waals surface area contributed by atoms with Crippen LogP contribution >= 0.6 is 0 Å². The molecular weight excluding hydrogens is 272 g/mol. The lowest BCUT2D eigenvalue weighted by Crippen LogP contribution is -2.28. The van der Waals surface area contributed by atoms with Gasteiger partial charge in [-0.3, -0.25) is 0 Å². The van der Waals surface area contributed by atoms with E-state index in [1.54, 1.807) is 6.92 Å². The van der Waals surface area contributed by atoms with Gasteiger partial charge < -0.3 is 10.1 Å². The smallest absolute Gasteiger partial charge is 0.133 e. The van der Waals surface area contributed by atoms with E-state index in [0.29, 0.717) is 11.5 Å². The standard InChI is InChI=1S/C17H25F2NO/c1-3-8-20-15(11-13-6-9-21-10-7-13)16-14(18)5-4-12(2)17(16)19/h4-5,13,15,20H,3,6-11H2,1-2H3. The summed E-state index contributed by atoms with van der Waals surface area (Å²) < 4.78 is 33.9. The van der Waals surface area contributed by atoms with Crippen molar-refractivity contribution in [2.24, 2.45) is 5.92 Å². The van der Waals surface area contributed by atoms with Crippen LogP contribution in [0.25, 0.3) is 0 Å². The molecule has 0 saturated carbocycles. The number of benzene rings is 1. The van der Waals surface area contributed by atoms with Gasteiger partial charge in [-0.05, 0) is 56.7 Å². The number of halogens is 2. The van der Waals surface area contributed by atoms with E-state index in [-0.39, 0.29) is 11.6 Å². The first-order valence-electron chi connectivity index (χ1n) is 7.89. The molecule has 2 rings (SSSR count). The fourth-order valence-electron chi connectivity index (χ4n) is 2.94. The van der Waals surface area contributed by atoms with Crippen molar-refractivity contribution in [3.8, 4) is 0 Å². The zero-order valence-corrected chi connectivity index (χ0v) is 12.9. The molecule has 1 fully saturated rings. The molecule has 1 heterocycles. The van der Waals surface area contributed by atoms with E-state index in [1.165, 1.54) is 12.1 Å². The summed E-state index contributed by atoms with van der Waals surface area (Å²) in [6.07, 6.45) is 3.65. The Morgan fingerprint density at radius 2 is 2.00 bits per heavy atom. The highest BCUT2D eigenvalue weighted by Gasteiger charge is 2.25. The third kappa shape index (κ3) is 4.24. The number of nitrogens with one attached hydrogen (secondary N) is 1. The average molecular weight is 297 g/mol. The first kappa shape index (κ1) is 16.4. The Morgan fingerprint density at radius 1 is 1.29 bits per heavy atom. The van der Waals surface area contributed by atoms with Crippen molar-refractivity contribution in [1.29, 1.82) is 0 Å². The van der Waals surface area contributed by atoms with Gasteiger partial charge in [0.05, 0.1) is 0 Å². The van der Waals surface area contributed by atoms with Gasteiger partial charge in [0.25, 0.3) is 0 Å². The van der Waals surface area contributed by atoms with Gasteiger partial charge in [0.1, 0.15) is 11.6 Å². The van der Waals surface area contributed by atoms with Crippen molar-refractivity contribution < 1.29 is 13.5 Å². The lowest BCUT2D eigenvalue weighted by molar-refractivity contribution is 0.0602. The summed E-state index contributed by atoms with van der Waals surface area (Å²) in [5.41, 5.74) is 0.705. The van der Waals surface area contributed by atoms with E-state index < -0.39 is 11.6 Å². The Balaban J connectivity index is 2.20. The summed E-state index contributed by atoms with van der Waals surface area (Å²) in [6, 6.07) is 2.62. The minimum absolute atomic E-state index is 0.204. The van der Waals surface area contributed by atoms with Crippen LogP contribution in [-0.4, -0.2) is 19.8 Å². The van der Waals surface area contributed by atoms with Crippen molar-refractivity contribution in [1.82, 2.24) is 5.32 Å². The van der Waals surface area contributed by atoms with Crippen molar-refractivity contribution in [3.63, 3.8) is 0 Å². The first-order chi connectivity index (χ1) is 10.1. The zero-order chi connectivity index (χ0) is 15.2. The van der Waals surface area contributed by atoms with Gasteiger partial charge in [0, 0.05) is 24.8 Å². The Hall–Kier alpha value is -1.00. The van der Waals surface area contributed by atoms with Crippen LogP contribution in [0.3, 0.4) is 0 Å². The van der Waals surface area contributed by atoms with Crippen molar-refractivity contribution >= 4 is 0 Å². The van der Waals surface area contributed by atoms with Gasteiger partial charge in [-0.2, -0.15) is 0 Å². The molecule has 4 heteroatoms. The Morgan fingerprint density at radius 3 is 2.67 bits per heavy atom. The molecule has 21 heavy (non-hydrogen) atoms. The molecule has 0 radical (unpaired) electrons. The van der Waals surface area contributed by atoms with Gasteiger partial charge in [-0.15, -0.1) is 0 Å². The fourth-order valence-corrected chi connectivity index (χ4v) is 2.94. The summed E-state index contributed by atoms with van der Waals surface area (Å²) in [4.78, 5) is 0. The molecule has 0 bridgehead atoms. The summed E-state index contributed by atoms with van der Waals surface area (Å²) in [5.74, 6) is -0.387. The highest BCUT2D eigenvalue weighted by Crippen LogP contribution is 2.31. The Bertz CT molecular complexity index is 458. The monoisotopic (exact) mass is 297 g/mol. The summed E-state index contributed by atoms with van der Waals surface area (Å²) in [5, 5.41) is 3.32. The molecule has 2 nitrogen and oxygen atoms in total. The van der Waals surface area contributed by atoms with Crippen LogP contribution in [0.2, 0.25) is 0 Å². The Labute approximate surface area is 125 Å². The minimum atomic E-state index is -0.446. The van der Waals surface area contributed by atoms with Crippen molar-refractivity contribution in [2.45, 2.75) is 45.6 Å². The van der Waals surface area contributed by atoms with Crippen LogP contribution in [0, 0.1) is 24.5 Å². The van der Waals surface area contributed by atoms with Crippen LogP contribution in [0.15, 0.2) is 12.1 Å². The second-order valence-corrected chi connectivity index (χ2v) is 5.89. The molecule has 1 aromatic carbocycles. The lowest BCUT2D eigenvalue weighted by atomic mass is 9.88. The van der Waals surface area contributed by atoms with E-state index in [9.17, 15) is 8.78 Å². The number of ether oxygens (including phenoxy) is 1. The van der Waals surface area contributed by atoms with E-state index in [4.69, 9.17) is 4.74 Å². The third-order valence-electron chi connectivity index (χ3n) is 4.22. The molecule has 1 aliphatic heterocycles. The second-order valence-electron chi connectivity index (χ2n) is 5.89. The lowest BCUT2D eigenvalue weighted by Gasteiger charge is -2.28. The van der Waals surface area contributed by atoms with E-state index in [0.717, 1.165) is 45.4 Å². The van der Waals surface area contributed by atoms with Crippen LogP contribution in [-0.2, 0) is 4.74 Å². The van der Waals surface area contributed by atoms with Gasteiger partial charge in [0.15, 0.2) is 0 Å². The fraction of sp³-hybridized carbons (Fsp3) is 0.647. The predicted molar refractivity (Wildman–Crippen MR) is 80.3 cm³/mol. The van der Waals surface area contributed by atoms with Gasteiger partial charge in [0.2, 0.25) is 0 Å². The van der Waals surface area contributed by atoms with Crippen LogP contribution in [0.4, 0.5) is 8.78 Å². The molecule has 118 valence electrons. The zero-order valence-electron chi connectivity index (χ0n) is 12.9. The normalized spacial score (nSPS) is 17.9. The van der Waals surface area contributed by atoms with E-state index >= 15 is 0 Å².